The Morgan fingerprint density at radius 2 is 2.44 bits per heavy atom. The Labute approximate surface area is 98.9 Å². The summed E-state index contributed by atoms with van der Waals surface area (Å²) in [5, 5.41) is 3.01. The first-order chi connectivity index (χ1) is 7.54. The molecule has 0 spiro atoms. The Bertz CT molecular complexity index is 384. The first-order valence-electron chi connectivity index (χ1n) is 4.75. The molecule has 0 aromatic carbocycles. The van der Waals surface area contributed by atoms with Crippen molar-refractivity contribution in [1.82, 2.24) is 10.3 Å². The number of methoxy groups -OCH3 is 1. The zero-order chi connectivity index (χ0) is 12.1. The topological polar surface area (TPSA) is 77.2 Å². The van der Waals surface area contributed by atoms with Gasteiger partial charge in [0.15, 0.2) is 0 Å². The fourth-order valence-corrected chi connectivity index (χ4v) is 1.41. The summed E-state index contributed by atoms with van der Waals surface area (Å²) in [6.45, 7) is 2.27. The standard InChI is InChI=1S/C10H14ClN3O2/c1-6(5-16-2)14-10(15)7-3-9(12)13-4-8(7)11/h3-4,6H,5H2,1-2H3,(H2,12,13)(H,14,15). The number of halogens is 1. The summed E-state index contributed by atoms with van der Waals surface area (Å²) in [5.41, 5.74) is 5.80. The van der Waals surface area contributed by atoms with Crippen molar-refractivity contribution in [3.8, 4) is 0 Å². The summed E-state index contributed by atoms with van der Waals surface area (Å²) in [5.74, 6) is -0.0300. The third-order valence-electron chi connectivity index (χ3n) is 1.92. The number of ether oxygens (including phenoxy) is 1. The zero-order valence-corrected chi connectivity index (χ0v) is 9.91. The Morgan fingerprint density at radius 1 is 1.75 bits per heavy atom. The molecule has 1 aromatic rings. The van der Waals surface area contributed by atoms with Gasteiger partial charge in [0, 0.05) is 19.3 Å². The zero-order valence-electron chi connectivity index (χ0n) is 9.16. The molecule has 1 aromatic heterocycles. The van der Waals surface area contributed by atoms with E-state index in [4.69, 9.17) is 22.1 Å². The summed E-state index contributed by atoms with van der Waals surface area (Å²) in [7, 11) is 1.57. The molecule has 0 saturated carbocycles. The van der Waals surface area contributed by atoms with Crippen LogP contribution in [-0.4, -0.2) is 30.6 Å². The van der Waals surface area contributed by atoms with Gasteiger partial charge in [-0.1, -0.05) is 11.6 Å². The Morgan fingerprint density at radius 3 is 3.06 bits per heavy atom. The minimum atomic E-state index is -0.288. The number of hydrogen-bond acceptors (Lipinski definition) is 4. The summed E-state index contributed by atoms with van der Waals surface area (Å²) in [6.07, 6.45) is 1.35. The molecule has 0 radical (unpaired) electrons. The molecular formula is C10H14ClN3O2. The number of nitrogen functional groups attached to an aromatic ring is 1. The van der Waals surface area contributed by atoms with Crippen LogP contribution in [0.2, 0.25) is 5.02 Å². The van der Waals surface area contributed by atoms with E-state index in [0.717, 1.165) is 0 Å². The van der Waals surface area contributed by atoms with Crippen LogP contribution in [0.15, 0.2) is 12.3 Å². The molecular weight excluding hydrogens is 230 g/mol. The van der Waals surface area contributed by atoms with Crippen molar-refractivity contribution in [3.63, 3.8) is 0 Å². The van der Waals surface area contributed by atoms with E-state index in [2.05, 4.69) is 10.3 Å². The largest absolute Gasteiger partial charge is 0.384 e. The molecule has 88 valence electrons. The number of carbonyl (C=O) groups excluding carboxylic acids is 1. The van der Waals surface area contributed by atoms with Crippen molar-refractivity contribution in [2.45, 2.75) is 13.0 Å². The van der Waals surface area contributed by atoms with Gasteiger partial charge in [0.05, 0.1) is 17.2 Å². The van der Waals surface area contributed by atoms with Crippen molar-refractivity contribution in [3.05, 3.63) is 22.8 Å². The van der Waals surface area contributed by atoms with Crippen molar-refractivity contribution in [1.29, 1.82) is 0 Å². The van der Waals surface area contributed by atoms with E-state index in [9.17, 15) is 4.79 Å². The Balaban J connectivity index is 2.76. The number of carbonyl (C=O) groups is 1. The number of pyridine rings is 1. The minimum Gasteiger partial charge on any atom is -0.384 e. The average Bonchev–Trinajstić information content (AvgIpc) is 2.21. The van der Waals surface area contributed by atoms with E-state index in [-0.39, 0.29) is 22.8 Å². The maximum absolute atomic E-state index is 11.8. The molecule has 1 amide bonds. The summed E-state index contributed by atoms with van der Waals surface area (Å²) >= 11 is 5.84. The van der Waals surface area contributed by atoms with Crippen LogP contribution in [0, 0.1) is 0 Å². The van der Waals surface area contributed by atoms with E-state index in [0.29, 0.717) is 12.2 Å². The number of nitrogens with two attached hydrogens (primary N) is 1. The summed E-state index contributed by atoms with van der Waals surface area (Å²) in [6, 6.07) is 1.35. The molecule has 1 rings (SSSR count). The van der Waals surface area contributed by atoms with Crippen molar-refractivity contribution < 1.29 is 9.53 Å². The van der Waals surface area contributed by atoms with Gasteiger partial charge in [0.25, 0.3) is 5.91 Å². The molecule has 1 atom stereocenters. The fraction of sp³-hybridized carbons (Fsp3) is 0.400. The Kier molecular flexibility index (Phi) is 4.52. The van der Waals surface area contributed by atoms with Gasteiger partial charge in [-0.15, -0.1) is 0 Å². The SMILES string of the molecule is COCC(C)NC(=O)c1cc(N)ncc1Cl. The monoisotopic (exact) mass is 243 g/mol. The smallest absolute Gasteiger partial charge is 0.253 e. The number of nitrogens with one attached hydrogen (secondary N) is 1. The molecule has 16 heavy (non-hydrogen) atoms. The van der Waals surface area contributed by atoms with E-state index >= 15 is 0 Å². The second-order valence-electron chi connectivity index (χ2n) is 3.42. The van der Waals surface area contributed by atoms with Crippen LogP contribution in [0.25, 0.3) is 0 Å². The maximum atomic E-state index is 11.8. The van der Waals surface area contributed by atoms with Crippen LogP contribution >= 0.6 is 11.6 Å². The van der Waals surface area contributed by atoms with Crippen molar-refractivity contribution >= 4 is 23.3 Å². The van der Waals surface area contributed by atoms with Gasteiger partial charge in [-0.05, 0) is 13.0 Å². The van der Waals surface area contributed by atoms with E-state index < -0.39 is 0 Å². The predicted molar refractivity (Wildman–Crippen MR) is 62.5 cm³/mol. The highest BCUT2D eigenvalue weighted by molar-refractivity contribution is 6.33. The molecule has 0 saturated heterocycles. The first kappa shape index (κ1) is 12.7. The number of anilines is 1. The van der Waals surface area contributed by atoms with Gasteiger partial charge >= 0.3 is 0 Å². The Hall–Kier alpha value is -1.33. The number of hydrogen-bond donors (Lipinski definition) is 2. The molecule has 0 aliphatic carbocycles. The van der Waals surface area contributed by atoms with E-state index in [1.54, 1.807) is 7.11 Å². The molecule has 1 unspecified atom stereocenters. The van der Waals surface area contributed by atoms with E-state index in [1.807, 2.05) is 6.92 Å². The second-order valence-corrected chi connectivity index (χ2v) is 3.83. The van der Waals surface area contributed by atoms with Gasteiger partial charge in [0.1, 0.15) is 5.82 Å². The molecule has 5 nitrogen and oxygen atoms in total. The molecule has 3 N–H and O–H groups in total. The summed E-state index contributed by atoms with van der Waals surface area (Å²) < 4.78 is 4.91. The van der Waals surface area contributed by atoms with Crippen LogP contribution in [0.4, 0.5) is 5.82 Å². The lowest BCUT2D eigenvalue weighted by atomic mass is 10.2. The van der Waals surface area contributed by atoms with Crippen LogP contribution in [0.5, 0.6) is 0 Å². The lowest BCUT2D eigenvalue weighted by Crippen LogP contribution is -2.35. The second kappa shape index (κ2) is 5.67. The highest BCUT2D eigenvalue weighted by atomic mass is 35.5. The quantitative estimate of drug-likeness (QED) is 0.830. The average molecular weight is 244 g/mol. The number of rotatable bonds is 4. The number of nitrogens with zero attached hydrogens (tertiary/aromatic N) is 1. The van der Waals surface area contributed by atoms with Crippen LogP contribution < -0.4 is 11.1 Å². The van der Waals surface area contributed by atoms with E-state index in [1.165, 1.54) is 12.3 Å². The summed E-state index contributed by atoms with van der Waals surface area (Å²) in [4.78, 5) is 15.5. The molecule has 0 aliphatic heterocycles. The number of amides is 1. The minimum absolute atomic E-state index is 0.0945. The van der Waals surface area contributed by atoms with Crippen molar-refractivity contribution in [2.24, 2.45) is 0 Å². The molecule has 0 bridgehead atoms. The molecule has 0 aliphatic rings. The first-order valence-corrected chi connectivity index (χ1v) is 5.13. The third kappa shape index (κ3) is 3.36. The normalized spacial score (nSPS) is 12.2. The van der Waals surface area contributed by atoms with Crippen LogP contribution in [0.1, 0.15) is 17.3 Å². The van der Waals surface area contributed by atoms with Gasteiger partial charge < -0.3 is 15.8 Å². The van der Waals surface area contributed by atoms with Gasteiger partial charge in [-0.25, -0.2) is 4.98 Å². The lowest BCUT2D eigenvalue weighted by Gasteiger charge is -2.13. The molecule has 6 heteroatoms. The van der Waals surface area contributed by atoms with Gasteiger partial charge in [-0.2, -0.15) is 0 Å². The number of aromatic nitrogens is 1. The fourth-order valence-electron chi connectivity index (χ4n) is 1.22. The molecule has 1 heterocycles. The maximum Gasteiger partial charge on any atom is 0.253 e. The van der Waals surface area contributed by atoms with Crippen LogP contribution in [-0.2, 0) is 4.74 Å². The van der Waals surface area contributed by atoms with Crippen LogP contribution in [0.3, 0.4) is 0 Å². The lowest BCUT2D eigenvalue weighted by molar-refractivity contribution is 0.0905. The van der Waals surface area contributed by atoms with Crippen molar-refractivity contribution in [2.75, 3.05) is 19.5 Å². The van der Waals surface area contributed by atoms with Gasteiger partial charge in [0.2, 0.25) is 0 Å². The highest BCUT2D eigenvalue weighted by Crippen LogP contribution is 2.16. The predicted octanol–water partition coefficient (Wildman–Crippen LogP) is 1.08. The molecule has 0 fully saturated rings. The third-order valence-corrected chi connectivity index (χ3v) is 2.22. The van der Waals surface area contributed by atoms with Gasteiger partial charge in [-0.3, -0.25) is 4.79 Å². The highest BCUT2D eigenvalue weighted by Gasteiger charge is 2.13.